The Morgan fingerprint density at radius 2 is 0.870 bits per heavy atom. The van der Waals surface area contributed by atoms with Crippen LogP contribution in [0.5, 0.6) is 0 Å². The highest BCUT2D eigenvalue weighted by atomic mass is 16.7. The highest BCUT2D eigenvalue weighted by molar-refractivity contribution is 4.89. The number of aliphatic hydroxyl groups excluding tert-OH is 1. The Bertz CT molecular complexity index is 1140. The van der Waals surface area contributed by atoms with E-state index in [0.29, 0.717) is 73.8 Å². The average Bonchev–Trinajstić information content (AvgIpc) is 3.13. The van der Waals surface area contributed by atoms with Gasteiger partial charge in [0.25, 0.3) is 0 Å². The maximum Gasteiger partial charge on any atom is 0.160 e. The van der Waals surface area contributed by atoms with Crippen molar-refractivity contribution in [2.75, 3.05) is 26.4 Å². The third-order valence-electron chi connectivity index (χ3n) is 15.9. The van der Waals surface area contributed by atoms with Gasteiger partial charge in [-0.05, 0) is 74.5 Å². The smallest absolute Gasteiger partial charge is 0.160 e. The van der Waals surface area contributed by atoms with Crippen LogP contribution >= 0.6 is 0 Å². The van der Waals surface area contributed by atoms with Gasteiger partial charge in [0.1, 0.15) is 0 Å². The normalized spacial score (nSPS) is 53.3. The van der Waals surface area contributed by atoms with Gasteiger partial charge in [0, 0.05) is 35.5 Å². The Morgan fingerprint density at radius 1 is 0.389 bits per heavy atom. The van der Waals surface area contributed by atoms with Gasteiger partial charge in [-0.3, -0.25) is 0 Å². The van der Waals surface area contributed by atoms with Gasteiger partial charge in [-0.2, -0.15) is 0 Å². The summed E-state index contributed by atoms with van der Waals surface area (Å²) in [6.45, 7) is 35.0. The largest absolute Gasteiger partial charge is 0.368 e. The first-order valence-corrected chi connectivity index (χ1v) is 21.8. The molecule has 11 unspecified atom stereocenters. The van der Waals surface area contributed by atoms with Crippen LogP contribution in [0, 0.1) is 82.9 Å². The summed E-state index contributed by atoms with van der Waals surface area (Å²) in [5, 5.41) is 11.0. The van der Waals surface area contributed by atoms with Crippen LogP contribution in [0.1, 0.15) is 110 Å². The molecule has 0 radical (unpaired) electrons. The van der Waals surface area contributed by atoms with E-state index in [-0.39, 0.29) is 84.9 Å². The fraction of sp³-hybridized carbons (Fsp3) is 1.00. The van der Waals surface area contributed by atoms with Crippen molar-refractivity contribution in [3.8, 4) is 0 Å². The predicted octanol–water partition coefficient (Wildman–Crippen LogP) is 7.99. The molecule has 54 heavy (non-hydrogen) atoms. The molecule has 5 heterocycles. The molecule has 0 spiro atoms. The van der Waals surface area contributed by atoms with Crippen molar-refractivity contribution < 1.29 is 47.7 Å². The summed E-state index contributed by atoms with van der Waals surface area (Å²) >= 11 is 0. The van der Waals surface area contributed by atoms with Gasteiger partial charge in [0.2, 0.25) is 0 Å². The molecular weight excluding hydrogens is 688 g/mol. The van der Waals surface area contributed by atoms with Gasteiger partial charge in [-0.15, -0.1) is 0 Å². The first kappa shape index (κ1) is 44.7. The average molecular weight is 769 g/mol. The van der Waals surface area contributed by atoms with Gasteiger partial charge in [-0.25, -0.2) is 0 Å². The zero-order valence-corrected chi connectivity index (χ0v) is 36.5. The maximum absolute atomic E-state index is 11.0. The summed E-state index contributed by atoms with van der Waals surface area (Å²) < 4.78 is 58.3. The lowest BCUT2D eigenvalue weighted by Gasteiger charge is -2.47. The molecule has 0 aromatic carbocycles. The molecule has 0 aromatic heterocycles. The fourth-order valence-electron chi connectivity index (χ4n) is 9.87. The second-order valence-electron chi connectivity index (χ2n) is 19.2. The molecule has 24 atom stereocenters. The number of rotatable bonds is 12. The Kier molecular flexibility index (Phi) is 15.8. The molecule has 5 saturated heterocycles. The third kappa shape index (κ3) is 9.89. The molecule has 5 rings (SSSR count). The molecule has 0 aliphatic carbocycles. The molecule has 10 nitrogen and oxygen atoms in total. The quantitative estimate of drug-likeness (QED) is 0.210. The molecule has 5 aliphatic rings. The van der Waals surface area contributed by atoms with Crippen LogP contribution in [0.2, 0.25) is 0 Å². The molecule has 5 aliphatic heterocycles. The van der Waals surface area contributed by atoms with Crippen molar-refractivity contribution in [3.63, 3.8) is 0 Å². The molecule has 316 valence electrons. The Morgan fingerprint density at radius 3 is 1.50 bits per heavy atom. The summed E-state index contributed by atoms with van der Waals surface area (Å²) in [6.07, 6.45) is -1.14. The molecule has 0 bridgehead atoms. The minimum atomic E-state index is -0.873. The van der Waals surface area contributed by atoms with Crippen LogP contribution in [-0.2, 0) is 42.6 Å². The Balaban J connectivity index is 1.19. The second kappa shape index (κ2) is 19.1. The van der Waals surface area contributed by atoms with Crippen molar-refractivity contribution in [1.82, 2.24) is 0 Å². The van der Waals surface area contributed by atoms with E-state index in [1.807, 2.05) is 6.92 Å². The number of ether oxygens (including phenoxy) is 9. The van der Waals surface area contributed by atoms with Gasteiger partial charge in [0.05, 0.1) is 56.9 Å². The van der Waals surface area contributed by atoms with Crippen LogP contribution < -0.4 is 0 Å². The number of aliphatic hydroxyl groups is 1. The zero-order valence-electron chi connectivity index (χ0n) is 36.5. The first-order chi connectivity index (χ1) is 25.4. The predicted molar refractivity (Wildman–Crippen MR) is 208 cm³/mol. The summed E-state index contributed by atoms with van der Waals surface area (Å²) in [4.78, 5) is 0. The first-order valence-electron chi connectivity index (χ1n) is 21.8. The van der Waals surface area contributed by atoms with E-state index in [1.165, 1.54) is 0 Å². The Labute approximate surface area is 328 Å². The summed E-state index contributed by atoms with van der Waals surface area (Å²) in [7, 11) is 0. The number of hydrogen-bond acceptors (Lipinski definition) is 10. The van der Waals surface area contributed by atoms with Crippen molar-refractivity contribution >= 4 is 0 Å². The summed E-state index contributed by atoms with van der Waals surface area (Å²) in [5.74, 6) is 3.84. The highest BCUT2D eigenvalue weighted by Crippen LogP contribution is 2.42. The van der Waals surface area contributed by atoms with Gasteiger partial charge in [-0.1, -0.05) is 83.1 Å². The Hall–Kier alpha value is -0.400. The van der Waals surface area contributed by atoms with Crippen LogP contribution in [0.3, 0.4) is 0 Å². The van der Waals surface area contributed by atoms with E-state index in [0.717, 1.165) is 6.42 Å². The fourth-order valence-corrected chi connectivity index (χ4v) is 9.87. The lowest BCUT2D eigenvalue weighted by atomic mass is 9.77. The second-order valence-corrected chi connectivity index (χ2v) is 19.2. The van der Waals surface area contributed by atoms with Gasteiger partial charge < -0.3 is 47.7 Å². The monoisotopic (exact) mass is 769 g/mol. The van der Waals surface area contributed by atoms with E-state index in [4.69, 9.17) is 42.6 Å². The zero-order chi connectivity index (χ0) is 39.8. The van der Waals surface area contributed by atoms with E-state index in [9.17, 15) is 5.11 Å². The van der Waals surface area contributed by atoms with E-state index >= 15 is 0 Å². The molecule has 0 amide bonds. The molecular formula is C44H80O10. The molecule has 1 N–H and O–H groups in total. The van der Waals surface area contributed by atoms with Crippen molar-refractivity contribution in [1.29, 1.82) is 0 Å². The molecule has 5 fully saturated rings. The standard InChI is InChI=1S/C44H80O10/c1-21-16-22(2)50-41(23(21)3)46-17-36-32(12)35(15)52-44(33(36)13)47-18-37-27(7)29(9)40(45)53-39(37)20-49-43-31(11)25(5)28(8)38(54-43)19-48-42-30(10)24(4)26(6)34(14)51-42/h21-45H,16-20H2,1-15H3/t21-,22?,23?,24+,25+,26+,27-,28+,29?,30?,31?,32-,33?,34?,35?,36+,37+,38?,39?,40?,41+,42+,43+,44+/m0/s1. The SMILES string of the molecule is CC1C[C@H](C)C(C)[C@H](OC[C@H]2C(C)[C@H](OC[C@H]3C(CO[C@@H]4OC(CO[C@@H]5OC(C)[C@H](C)[C@@H](C)C5C)[C@H](C)[C@@H](C)C4C)OC(O)C(C)[C@@H]3C)OC(C)[C@@H]2C)O1. The lowest BCUT2D eigenvalue weighted by molar-refractivity contribution is -0.307. The minimum Gasteiger partial charge on any atom is -0.368 e. The van der Waals surface area contributed by atoms with Gasteiger partial charge >= 0.3 is 0 Å². The van der Waals surface area contributed by atoms with E-state index < -0.39 is 12.6 Å². The van der Waals surface area contributed by atoms with Crippen LogP contribution in [0.25, 0.3) is 0 Å². The molecule has 10 heteroatoms. The third-order valence-corrected chi connectivity index (χ3v) is 15.9. The molecule has 0 saturated carbocycles. The van der Waals surface area contributed by atoms with Crippen molar-refractivity contribution in [2.24, 2.45) is 82.9 Å². The molecule has 0 aromatic rings. The van der Waals surface area contributed by atoms with Gasteiger partial charge in [0.15, 0.2) is 31.5 Å². The number of hydrogen-bond donors (Lipinski definition) is 1. The van der Waals surface area contributed by atoms with E-state index in [2.05, 4.69) is 96.9 Å². The lowest BCUT2D eigenvalue weighted by Crippen LogP contribution is -2.53. The van der Waals surface area contributed by atoms with Crippen molar-refractivity contribution in [3.05, 3.63) is 0 Å². The summed E-state index contributed by atoms with van der Waals surface area (Å²) in [6, 6.07) is 0. The van der Waals surface area contributed by atoms with Crippen LogP contribution in [-0.4, -0.2) is 93.5 Å². The topological polar surface area (TPSA) is 103 Å². The van der Waals surface area contributed by atoms with Crippen molar-refractivity contribution in [2.45, 2.75) is 172 Å². The van der Waals surface area contributed by atoms with E-state index in [1.54, 1.807) is 0 Å². The minimum absolute atomic E-state index is 0.00583. The highest BCUT2D eigenvalue weighted by Gasteiger charge is 2.47. The van der Waals surface area contributed by atoms with Crippen LogP contribution in [0.4, 0.5) is 0 Å². The van der Waals surface area contributed by atoms with Crippen LogP contribution in [0.15, 0.2) is 0 Å². The maximum atomic E-state index is 11.0. The summed E-state index contributed by atoms with van der Waals surface area (Å²) in [5.41, 5.74) is 0.